The number of halogens is 1. The highest BCUT2D eigenvalue weighted by atomic mass is 19.1. The van der Waals surface area contributed by atoms with E-state index in [1.807, 2.05) is 17.0 Å². The highest BCUT2D eigenvalue weighted by Gasteiger charge is 2.33. The number of aromatic nitrogens is 3. The molecule has 1 amide bonds. The van der Waals surface area contributed by atoms with E-state index >= 15 is 0 Å². The quantitative estimate of drug-likeness (QED) is 0.715. The van der Waals surface area contributed by atoms with Gasteiger partial charge >= 0.3 is 6.09 Å². The molecule has 10 heteroatoms. The molecule has 0 unspecified atom stereocenters. The second-order valence-corrected chi connectivity index (χ2v) is 7.11. The molecule has 2 aromatic rings. The summed E-state index contributed by atoms with van der Waals surface area (Å²) in [6.45, 7) is 1.77. The average Bonchev–Trinajstić information content (AvgIpc) is 3.35. The Bertz CT molecular complexity index is 1070. The van der Waals surface area contributed by atoms with Gasteiger partial charge in [0.2, 0.25) is 0 Å². The van der Waals surface area contributed by atoms with Crippen molar-refractivity contribution in [3.8, 4) is 12.1 Å². The molecule has 2 fully saturated rings. The number of amides is 1. The van der Waals surface area contributed by atoms with Crippen molar-refractivity contribution in [2.45, 2.75) is 25.5 Å². The molecule has 2 aliphatic rings. The van der Waals surface area contributed by atoms with Gasteiger partial charge in [0.15, 0.2) is 5.69 Å². The molecule has 0 bridgehead atoms. The van der Waals surface area contributed by atoms with E-state index in [0.717, 1.165) is 18.4 Å². The maximum Gasteiger partial charge on any atom is 0.414 e. The molecule has 1 atom stereocenters. The summed E-state index contributed by atoms with van der Waals surface area (Å²) < 4.78 is 21.6. The highest BCUT2D eigenvalue weighted by molar-refractivity contribution is 5.90. The van der Waals surface area contributed by atoms with Crippen LogP contribution in [0.3, 0.4) is 0 Å². The summed E-state index contributed by atoms with van der Waals surface area (Å²) in [4.78, 5) is 15.6. The Morgan fingerprint density at radius 2 is 2.10 bits per heavy atom. The molecule has 3 heterocycles. The van der Waals surface area contributed by atoms with Gasteiger partial charge in [0.1, 0.15) is 18.0 Å². The van der Waals surface area contributed by atoms with Crippen LogP contribution in [-0.4, -0.2) is 46.8 Å². The fourth-order valence-electron chi connectivity index (χ4n) is 3.67. The lowest BCUT2D eigenvalue weighted by molar-refractivity contribution is 0.129. The molecule has 0 spiro atoms. The fourth-order valence-corrected chi connectivity index (χ4v) is 3.67. The summed E-state index contributed by atoms with van der Waals surface area (Å²) in [5, 5.41) is 25.1. The SMILES string of the molecule is N#CC=C1CCN(c2ccc(N3C[C@H](Cn4cc(C#N)nn4)OC3=O)cc2F)CC1. The van der Waals surface area contributed by atoms with Gasteiger partial charge in [0.05, 0.1) is 36.7 Å². The minimum atomic E-state index is -0.558. The minimum Gasteiger partial charge on any atom is -0.442 e. The summed E-state index contributed by atoms with van der Waals surface area (Å²) in [7, 11) is 0. The van der Waals surface area contributed by atoms with Crippen LogP contribution in [0.5, 0.6) is 0 Å². The Morgan fingerprint density at radius 1 is 1.30 bits per heavy atom. The lowest BCUT2D eigenvalue weighted by atomic mass is 10.0. The molecule has 30 heavy (non-hydrogen) atoms. The van der Waals surface area contributed by atoms with E-state index in [4.69, 9.17) is 15.3 Å². The van der Waals surface area contributed by atoms with Crippen molar-refractivity contribution in [2.24, 2.45) is 0 Å². The number of ether oxygens (including phenoxy) is 1. The molecular formula is C20H18FN7O2. The van der Waals surface area contributed by atoms with Gasteiger partial charge in [-0.25, -0.2) is 13.9 Å². The first kappa shape index (κ1) is 19.4. The van der Waals surface area contributed by atoms with Gasteiger partial charge in [-0.3, -0.25) is 4.90 Å². The normalized spacial score (nSPS) is 18.7. The molecule has 9 nitrogen and oxygen atoms in total. The molecule has 4 rings (SSSR count). The molecule has 0 saturated carbocycles. The molecular weight excluding hydrogens is 389 g/mol. The van der Waals surface area contributed by atoms with E-state index < -0.39 is 18.0 Å². The second kappa shape index (κ2) is 8.21. The maximum atomic E-state index is 14.8. The molecule has 152 valence electrons. The van der Waals surface area contributed by atoms with Crippen LogP contribution in [0.1, 0.15) is 18.5 Å². The number of benzene rings is 1. The lowest BCUT2D eigenvalue weighted by Gasteiger charge is -2.30. The van der Waals surface area contributed by atoms with Crippen molar-refractivity contribution in [1.29, 1.82) is 10.5 Å². The molecule has 0 N–H and O–H groups in total. The van der Waals surface area contributed by atoms with E-state index in [1.54, 1.807) is 18.2 Å². The summed E-state index contributed by atoms with van der Waals surface area (Å²) in [5.74, 6) is -0.411. The third-order valence-corrected chi connectivity index (χ3v) is 5.18. The Hall–Kier alpha value is -3.92. The monoisotopic (exact) mass is 407 g/mol. The Kier molecular flexibility index (Phi) is 5.31. The standard InChI is InChI=1S/C20H18FN7O2/c21-18-9-16(1-2-19(18)26-7-4-14(3-6-22)5-8-26)28-13-17(30-20(28)29)12-27-11-15(10-23)24-25-27/h1-3,9,11,17H,4-5,7-8,12-13H2/t17-/m0/s1. The first-order valence-corrected chi connectivity index (χ1v) is 9.48. The van der Waals surface area contributed by atoms with E-state index in [0.29, 0.717) is 24.5 Å². The molecule has 2 saturated heterocycles. The predicted octanol–water partition coefficient (Wildman–Crippen LogP) is 2.36. The molecule has 0 aliphatic carbocycles. The third-order valence-electron chi connectivity index (χ3n) is 5.18. The first-order valence-electron chi connectivity index (χ1n) is 9.48. The number of cyclic esters (lactones) is 1. The van der Waals surface area contributed by atoms with Gasteiger partial charge in [-0.15, -0.1) is 5.10 Å². The van der Waals surface area contributed by atoms with Gasteiger partial charge in [-0.2, -0.15) is 10.5 Å². The van der Waals surface area contributed by atoms with Crippen LogP contribution in [0.25, 0.3) is 0 Å². The highest BCUT2D eigenvalue weighted by Crippen LogP contribution is 2.30. The zero-order valence-corrected chi connectivity index (χ0v) is 16.0. The molecule has 2 aliphatic heterocycles. The zero-order valence-electron chi connectivity index (χ0n) is 16.0. The Morgan fingerprint density at radius 3 is 2.77 bits per heavy atom. The van der Waals surface area contributed by atoms with Gasteiger partial charge in [-0.05, 0) is 31.0 Å². The topological polar surface area (TPSA) is 111 Å². The number of allylic oxidation sites excluding steroid dienone is 1. The maximum absolute atomic E-state index is 14.8. The number of piperidine rings is 1. The van der Waals surface area contributed by atoms with Crippen molar-refractivity contribution in [1.82, 2.24) is 15.0 Å². The largest absolute Gasteiger partial charge is 0.442 e. The van der Waals surface area contributed by atoms with E-state index in [2.05, 4.69) is 10.3 Å². The fraction of sp³-hybridized carbons (Fsp3) is 0.350. The number of hydrogen-bond acceptors (Lipinski definition) is 7. The van der Waals surface area contributed by atoms with Crippen LogP contribution in [0.2, 0.25) is 0 Å². The van der Waals surface area contributed by atoms with Crippen molar-refractivity contribution >= 4 is 17.5 Å². The zero-order chi connectivity index (χ0) is 21.1. The number of nitrogens with zero attached hydrogens (tertiary/aromatic N) is 7. The number of hydrogen-bond donors (Lipinski definition) is 0. The van der Waals surface area contributed by atoms with Crippen LogP contribution < -0.4 is 9.80 Å². The number of carbonyl (C=O) groups excluding carboxylic acids is 1. The Labute approximate surface area is 172 Å². The average molecular weight is 407 g/mol. The van der Waals surface area contributed by atoms with Crippen molar-refractivity contribution in [3.05, 3.63) is 47.6 Å². The molecule has 0 radical (unpaired) electrons. The van der Waals surface area contributed by atoms with Gasteiger partial charge in [0, 0.05) is 19.2 Å². The van der Waals surface area contributed by atoms with Crippen LogP contribution >= 0.6 is 0 Å². The van der Waals surface area contributed by atoms with Crippen LogP contribution in [0, 0.1) is 28.5 Å². The van der Waals surface area contributed by atoms with Crippen molar-refractivity contribution in [2.75, 3.05) is 29.4 Å². The smallest absolute Gasteiger partial charge is 0.414 e. The van der Waals surface area contributed by atoms with E-state index in [9.17, 15) is 9.18 Å². The van der Waals surface area contributed by atoms with Crippen molar-refractivity contribution in [3.63, 3.8) is 0 Å². The summed E-state index contributed by atoms with van der Waals surface area (Å²) in [6, 6.07) is 8.63. The molecule has 1 aromatic carbocycles. The molecule has 1 aromatic heterocycles. The van der Waals surface area contributed by atoms with Gasteiger partial charge in [-0.1, -0.05) is 10.8 Å². The number of nitriles is 2. The number of rotatable bonds is 4. The Balaban J connectivity index is 1.42. The van der Waals surface area contributed by atoms with E-state index in [1.165, 1.54) is 21.8 Å². The number of anilines is 2. The summed E-state index contributed by atoms with van der Waals surface area (Å²) in [6.07, 6.45) is 3.45. The number of carbonyl (C=O) groups is 1. The van der Waals surface area contributed by atoms with Crippen LogP contribution in [0.15, 0.2) is 36.0 Å². The third kappa shape index (κ3) is 3.94. The van der Waals surface area contributed by atoms with Gasteiger partial charge < -0.3 is 9.64 Å². The van der Waals surface area contributed by atoms with E-state index in [-0.39, 0.29) is 18.8 Å². The van der Waals surface area contributed by atoms with Gasteiger partial charge in [0.25, 0.3) is 0 Å². The predicted molar refractivity (Wildman–Crippen MR) is 104 cm³/mol. The van der Waals surface area contributed by atoms with Crippen LogP contribution in [0.4, 0.5) is 20.6 Å². The first-order chi connectivity index (χ1) is 14.6. The summed E-state index contributed by atoms with van der Waals surface area (Å²) in [5.41, 5.74) is 2.15. The summed E-state index contributed by atoms with van der Waals surface area (Å²) >= 11 is 0. The second-order valence-electron chi connectivity index (χ2n) is 7.11. The van der Waals surface area contributed by atoms with Crippen LogP contribution in [-0.2, 0) is 11.3 Å². The minimum absolute atomic E-state index is 0.182. The lowest BCUT2D eigenvalue weighted by Crippen LogP contribution is -2.31. The van der Waals surface area contributed by atoms with Crippen molar-refractivity contribution < 1.29 is 13.9 Å².